The molecule has 140 valence electrons. The van der Waals surface area contributed by atoms with Crippen molar-refractivity contribution < 1.29 is 19.1 Å². The topological polar surface area (TPSA) is 80.8 Å². The molecule has 2 aliphatic heterocycles. The number of fused-ring (bicyclic) bond motifs is 1. The van der Waals surface area contributed by atoms with Gasteiger partial charge in [-0.05, 0) is 31.7 Å². The predicted molar refractivity (Wildman–Crippen MR) is 93.7 cm³/mol. The fraction of sp³-hybridized carbons (Fsp3) is 0.632. The number of carbonyl (C=O) groups is 2. The molecule has 0 bridgehead atoms. The first-order valence-electron chi connectivity index (χ1n) is 9.44. The Balaban J connectivity index is 1.50. The molecule has 26 heavy (non-hydrogen) atoms. The summed E-state index contributed by atoms with van der Waals surface area (Å²) in [7, 11) is 1.56. The van der Waals surface area contributed by atoms with Crippen molar-refractivity contribution in [3.05, 3.63) is 22.9 Å². The van der Waals surface area contributed by atoms with Crippen LogP contribution in [0.3, 0.4) is 0 Å². The fourth-order valence-corrected chi connectivity index (χ4v) is 4.16. The van der Waals surface area contributed by atoms with Gasteiger partial charge in [0, 0.05) is 24.8 Å². The average Bonchev–Trinajstić information content (AvgIpc) is 3.40. The van der Waals surface area contributed by atoms with Gasteiger partial charge in [0.2, 0.25) is 11.8 Å². The molecule has 1 aromatic rings. The molecule has 1 atom stereocenters. The summed E-state index contributed by atoms with van der Waals surface area (Å²) in [5.41, 5.74) is 2.13. The summed E-state index contributed by atoms with van der Waals surface area (Å²) in [5, 5.41) is 2.88. The van der Waals surface area contributed by atoms with Crippen LogP contribution in [0.1, 0.15) is 60.1 Å². The Bertz CT molecular complexity index is 709. The number of aromatic nitrogens is 1. The van der Waals surface area contributed by atoms with E-state index in [9.17, 15) is 9.59 Å². The highest BCUT2D eigenvalue weighted by Gasteiger charge is 2.36. The van der Waals surface area contributed by atoms with E-state index in [0.717, 1.165) is 36.9 Å². The molecule has 2 amide bonds. The van der Waals surface area contributed by atoms with E-state index in [1.165, 1.54) is 12.8 Å². The van der Waals surface area contributed by atoms with E-state index >= 15 is 0 Å². The summed E-state index contributed by atoms with van der Waals surface area (Å²) in [5.74, 6) is 0.398. The number of methoxy groups -OCH3 is 1. The average molecular weight is 359 g/mol. The standard InChI is InChI=1S/C19H25N3O4/c1-25-18-12(10-20-17(23)16-7-4-8-26-16)9-14-15(21-18)11-22(19(14)24)13-5-2-3-6-13/h9,13,16H,2-8,10-11H2,1H3,(H,20,23)/t16-/m1/s1. The molecule has 0 unspecified atom stereocenters. The third-order valence-corrected chi connectivity index (χ3v) is 5.59. The summed E-state index contributed by atoms with van der Waals surface area (Å²) in [4.78, 5) is 31.5. The Hall–Kier alpha value is -2.15. The lowest BCUT2D eigenvalue weighted by Gasteiger charge is -2.22. The summed E-state index contributed by atoms with van der Waals surface area (Å²) in [6.45, 7) is 1.46. The molecule has 1 saturated carbocycles. The monoisotopic (exact) mass is 359 g/mol. The zero-order chi connectivity index (χ0) is 18.1. The number of nitrogens with zero attached hydrogens (tertiary/aromatic N) is 2. The normalized spacial score (nSPS) is 22.7. The number of hydrogen-bond acceptors (Lipinski definition) is 5. The Morgan fingerprint density at radius 1 is 1.35 bits per heavy atom. The lowest BCUT2D eigenvalue weighted by Crippen LogP contribution is -2.34. The number of nitrogens with one attached hydrogen (secondary N) is 1. The van der Waals surface area contributed by atoms with E-state index < -0.39 is 0 Å². The molecule has 1 saturated heterocycles. The van der Waals surface area contributed by atoms with Gasteiger partial charge in [-0.1, -0.05) is 12.8 Å². The first kappa shape index (κ1) is 17.3. The lowest BCUT2D eigenvalue weighted by molar-refractivity contribution is -0.130. The molecule has 0 spiro atoms. The van der Waals surface area contributed by atoms with E-state index in [2.05, 4.69) is 10.3 Å². The van der Waals surface area contributed by atoms with Crippen molar-refractivity contribution in [3.63, 3.8) is 0 Å². The third kappa shape index (κ3) is 3.16. The van der Waals surface area contributed by atoms with Gasteiger partial charge in [-0.2, -0.15) is 0 Å². The second-order valence-corrected chi connectivity index (χ2v) is 7.24. The van der Waals surface area contributed by atoms with Crippen LogP contribution >= 0.6 is 0 Å². The zero-order valence-corrected chi connectivity index (χ0v) is 15.1. The summed E-state index contributed by atoms with van der Waals surface area (Å²) in [6, 6.07) is 2.15. The minimum Gasteiger partial charge on any atom is -0.481 e. The highest BCUT2D eigenvalue weighted by atomic mass is 16.5. The number of pyridine rings is 1. The largest absolute Gasteiger partial charge is 0.481 e. The molecule has 1 aromatic heterocycles. The van der Waals surface area contributed by atoms with E-state index in [0.29, 0.717) is 30.6 Å². The predicted octanol–water partition coefficient (Wildman–Crippen LogP) is 1.78. The van der Waals surface area contributed by atoms with Crippen LogP contribution in [0.2, 0.25) is 0 Å². The van der Waals surface area contributed by atoms with Gasteiger partial charge < -0.3 is 19.7 Å². The zero-order valence-electron chi connectivity index (χ0n) is 15.1. The second-order valence-electron chi connectivity index (χ2n) is 7.24. The minimum atomic E-state index is -0.372. The fourth-order valence-electron chi connectivity index (χ4n) is 4.16. The van der Waals surface area contributed by atoms with Crippen molar-refractivity contribution in [1.82, 2.24) is 15.2 Å². The van der Waals surface area contributed by atoms with Crippen molar-refractivity contribution in [1.29, 1.82) is 0 Å². The molecular weight excluding hydrogens is 334 g/mol. The Morgan fingerprint density at radius 3 is 2.85 bits per heavy atom. The van der Waals surface area contributed by atoms with Crippen LogP contribution in [-0.4, -0.2) is 47.6 Å². The van der Waals surface area contributed by atoms with Gasteiger partial charge in [-0.25, -0.2) is 4.98 Å². The van der Waals surface area contributed by atoms with Crippen LogP contribution in [0.5, 0.6) is 5.88 Å². The summed E-state index contributed by atoms with van der Waals surface area (Å²) < 4.78 is 10.8. The maximum absolute atomic E-state index is 12.8. The quantitative estimate of drug-likeness (QED) is 0.867. The van der Waals surface area contributed by atoms with Crippen LogP contribution in [0.25, 0.3) is 0 Å². The third-order valence-electron chi connectivity index (χ3n) is 5.59. The molecular formula is C19H25N3O4. The molecule has 3 aliphatic rings. The maximum atomic E-state index is 12.8. The van der Waals surface area contributed by atoms with Crippen molar-refractivity contribution in [3.8, 4) is 5.88 Å². The van der Waals surface area contributed by atoms with Crippen molar-refractivity contribution >= 4 is 11.8 Å². The van der Waals surface area contributed by atoms with Gasteiger partial charge in [0.15, 0.2) is 0 Å². The molecule has 1 aliphatic carbocycles. The van der Waals surface area contributed by atoms with Crippen LogP contribution < -0.4 is 10.1 Å². The van der Waals surface area contributed by atoms with E-state index in [1.807, 2.05) is 11.0 Å². The van der Waals surface area contributed by atoms with Crippen LogP contribution in [0, 0.1) is 0 Å². The smallest absolute Gasteiger partial charge is 0.256 e. The van der Waals surface area contributed by atoms with Crippen molar-refractivity contribution in [2.24, 2.45) is 0 Å². The molecule has 1 N–H and O–H groups in total. The summed E-state index contributed by atoms with van der Waals surface area (Å²) >= 11 is 0. The molecule has 0 radical (unpaired) electrons. The Labute approximate surface area is 153 Å². The Kier molecular flexibility index (Phi) is 4.80. The summed E-state index contributed by atoms with van der Waals surface area (Å²) in [6.07, 6.45) is 5.79. The van der Waals surface area contributed by atoms with Gasteiger partial charge in [0.1, 0.15) is 6.10 Å². The van der Waals surface area contributed by atoms with Crippen LogP contribution in [0.4, 0.5) is 0 Å². The first-order chi connectivity index (χ1) is 12.7. The number of hydrogen-bond donors (Lipinski definition) is 1. The lowest BCUT2D eigenvalue weighted by atomic mass is 10.1. The van der Waals surface area contributed by atoms with Crippen LogP contribution in [0.15, 0.2) is 6.07 Å². The van der Waals surface area contributed by atoms with E-state index in [1.54, 1.807) is 7.11 Å². The molecule has 0 aromatic carbocycles. The van der Waals surface area contributed by atoms with E-state index in [-0.39, 0.29) is 24.5 Å². The SMILES string of the molecule is COc1nc2c(cc1CNC(=O)[C@H]1CCCO1)C(=O)N(C1CCCC1)C2. The Morgan fingerprint density at radius 2 is 2.15 bits per heavy atom. The number of ether oxygens (including phenoxy) is 2. The minimum absolute atomic E-state index is 0.0498. The number of amides is 2. The maximum Gasteiger partial charge on any atom is 0.256 e. The van der Waals surface area contributed by atoms with Crippen molar-refractivity contribution in [2.45, 2.75) is 63.8 Å². The van der Waals surface area contributed by atoms with Gasteiger partial charge in [0.25, 0.3) is 5.91 Å². The van der Waals surface area contributed by atoms with Crippen molar-refractivity contribution in [2.75, 3.05) is 13.7 Å². The molecule has 2 fully saturated rings. The van der Waals surface area contributed by atoms with Gasteiger partial charge in [-0.15, -0.1) is 0 Å². The molecule has 4 rings (SSSR count). The molecule has 3 heterocycles. The first-order valence-corrected chi connectivity index (χ1v) is 9.44. The van der Waals surface area contributed by atoms with Crippen LogP contribution in [-0.2, 0) is 22.6 Å². The molecule has 7 heteroatoms. The van der Waals surface area contributed by atoms with E-state index in [4.69, 9.17) is 9.47 Å². The number of rotatable bonds is 5. The second kappa shape index (κ2) is 7.23. The van der Waals surface area contributed by atoms with Gasteiger partial charge in [0.05, 0.1) is 24.9 Å². The van der Waals surface area contributed by atoms with Gasteiger partial charge in [-0.3, -0.25) is 9.59 Å². The number of carbonyl (C=O) groups excluding carboxylic acids is 2. The molecule has 7 nitrogen and oxygen atoms in total. The highest BCUT2D eigenvalue weighted by molar-refractivity contribution is 5.98. The highest BCUT2D eigenvalue weighted by Crippen LogP contribution is 2.33. The van der Waals surface area contributed by atoms with Gasteiger partial charge >= 0.3 is 0 Å².